The number of aliphatic hydroxyl groups excluding tert-OH is 2. The summed E-state index contributed by atoms with van der Waals surface area (Å²) < 4.78 is 60.5. The molecule has 0 aromatic carbocycles. The zero-order valence-electron chi connectivity index (χ0n) is 15.8. The van der Waals surface area contributed by atoms with E-state index in [1.807, 2.05) is 0 Å². The first-order valence-electron chi connectivity index (χ1n) is 6.52. The summed E-state index contributed by atoms with van der Waals surface area (Å²) in [5.41, 5.74) is 0. The molecular formula is C6H28N4O18P4. The number of phosphoric ester groups is 4. The van der Waals surface area contributed by atoms with Crippen molar-refractivity contribution in [3.05, 3.63) is 0 Å². The summed E-state index contributed by atoms with van der Waals surface area (Å²) in [7, 11) is -22.4. The van der Waals surface area contributed by atoms with E-state index in [0.29, 0.717) is 0 Å². The first-order chi connectivity index (χ1) is 12.2. The Morgan fingerprint density at radius 1 is 0.406 bits per heavy atom. The van der Waals surface area contributed by atoms with Crippen LogP contribution in [0.4, 0.5) is 0 Å². The molecule has 0 aromatic heterocycles. The van der Waals surface area contributed by atoms with Crippen molar-refractivity contribution in [3.8, 4) is 0 Å². The van der Waals surface area contributed by atoms with Gasteiger partial charge in [0.1, 0.15) is 36.6 Å². The fourth-order valence-corrected chi connectivity index (χ4v) is 4.52. The molecule has 1 aliphatic rings. The van der Waals surface area contributed by atoms with Crippen LogP contribution in [0.3, 0.4) is 0 Å². The van der Waals surface area contributed by atoms with Crippen molar-refractivity contribution in [1.29, 1.82) is 0 Å². The van der Waals surface area contributed by atoms with Gasteiger partial charge in [0.25, 0.3) is 0 Å². The molecule has 22 nitrogen and oxygen atoms in total. The smallest absolute Gasteiger partial charge is 0.387 e. The molecule has 0 heterocycles. The van der Waals surface area contributed by atoms with Crippen LogP contribution in [0.1, 0.15) is 0 Å². The van der Waals surface area contributed by atoms with Crippen LogP contribution in [0.15, 0.2) is 0 Å². The van der Waals surface area contributed by atoms with E-state index in [2.05, 4.69) is 18.1 Å². The molecule has 0 bridgehead atoms. The van der Waals surface area contributed by atoms with Crippen molar-refractivity contribution >= 4 is 31.3 Å². The van der Waals surface area contributed by atoms with Gasteiger partial charge in [-0.3, -0.25) is 18.1 Å². The Balaban J connectivity index is -0.000000980. The number of phosphoric acid groups is 4. The molecule has 26 heteroatoms. The Morgan fingerprint density at radius 2 is 0.594 bits per heavy atom. The molecule has 200 valence electrons. The van der Waals surface area contributed by atoms with Gasteiger partial charge in [-0.1, -0.05) is 0 Å². The molecule has 0 aliphatic heterocycles. The molecule has 0 aromatic rings. The minimum atomic E-state index is -5.64. The predicted octanol–water partition coefficient (Wildman–Crippen LogP) is -2.72. The van der Waals surface area contributed by atoms with E-state index in [1.165, 1.54) is 0 Å². The van der Waals surface area contributed by atoms with Crippen molar-refractivity contribution < 1.29 is 85.7 Å². The molecule has 0 spiro atoms. The van der Waals surface area contributed by atoms with E-state index in [-0.39, 0.29) is 24.6 Å². The van der Waals surface area contributed by atoms with Gasteiger partial charge < -0.3 is 74.0 Å². The largest absolute Gasteiger partial charge is 0.470 e. The molecule has 2 unspecified atom stereocenters. The monoisotopic (exact) mass is 568 g/mol. The molecule has 32 heavy (non-hydrogen) atoms. The Hall–Kier alpha value is 0.200. The van der Waals surface area contributed by atoms with Gasteiger partial charge in [0.15, 0.2) is 0 Å². The zero-order valence-corrected chi connectivity index (χ0v) is 19.4. The van der Waals surface area contributed by atoms with E-state index >= 15 is 0 Å². The Kier molecular flexibility index (Phi) is 16.4. The maximum atomic E-state index is 11.1. The highest BCUT2D eigenvalue weighted by atomic mass is 31.2. The van der Waals surface area contributed by atoms with Crippen molar-refractivity contribution in [2.45, 2.75) is 36.6 Å². The fraction of sp³-hybridized carbons (Fsp3) is 1.00. The second-order valence-corrected chi connectivity index (χ2v) is 9.99. The molecule has 0 radical (unpaired) electrons. The van der Waals surface area contributed by atoms with E-state index < -0.39 is 67.9 Å². The first kappa shape index (κ1) is 39.4. The standard InChI is InChI=1S/C6H16O18P4.4H3N/c7-1-3(21-25(9,10)11)2(8)5(23-27(15,16)17)6(24-28(18,19)20)4(1)22-26(12,13)14;;;;/h1-8H,(H2,9,10,11)(H2,12,13,14)(H2,15,16,17)(H2,18,19,20);4*1H3/t1-,2-,3?,4-,5+,6?;;;;/m0..../s1. The molecule has 1 fully saturated rings. The molecule has 22 N–H and O–H groups in total. The fourth-order valence-electron chi connectivity index (χ4n) is 2.28. The van der Waals surface area contributed by atoms with Crippen molar-refractivity contribution in [1.82, 2.24) is 24.6 Å². The lowest BCUT2D eigenvalue weighted by Gasteiger charge is -2.45. The number of rotatable bonds is 8. The molecule has 1 saturated carbocycles. The Labute approximate surface area is 179 Å². The average molecular weight is 568 g/mol. The topological polar surface area (TPSA) is 448 Å². The highest BCUT2D eigenvalue weighted by Gasteiger charge is 2.58. The zero-order chi connectivity index (χ0) is 22.3. The summed E-state index contributed by atoms with van der Waals surface area (Å²) in [6.45, 7) is 0. The van der Waals surface area contributed by atoms with E-state index in [4.69, 9.17) is 39.1 Å². The minimum absolute atomic E-state index is 0. The van der Waals surface area contributed by atoms with E-state index in [0.717, 1.165) is 0 Å². The quantitative estimate of drug-likeness (QED) is 0.132. The van der Waals surface area contributed by atoms with Crippen LogP contribution >= 0.6 is 31.3 Å². The normalized spacial score (nSPS) is 28.9. The van der Waals surface area contributed by atoms with Gasteiger partial charge >= 0.3 is 31.3 Å². The van der Waals surface area contributed by atoms with Gasteiger partial charge in [0.2, 0.25) is 0 Å². The predicted molar refractivity (Wildman–Crippen MR) is 99.8 cm³/mol. The van der Waals surface area contributed by atoms with Crippen molar-refractivity contribution in [2.75, 3.05) is 0 Å². The van der Waals surface area contributed by atoms with Crippen LogP contribution in [0.5, 0.6) is 0 Å². The maximum Gasteiger partial charge on any atom is 0.470 e. The average Bonchev–Trinajstić information content (AvgIpc) is 2.39. The van der Waals surface area contributed by atoms with Crippen LogP contribution in [0.25, 0.3) is 0 Å². The maximum absolute atomic E-state index is 11.1. The third kappa shape index (κ3) is 13.2. The summed E-state index contributed by atoms with van der Waals surface area (Å²) in [5, 5.41) is 20.1. The molecule has 1 rings (SSSR count). The number of hydrogen-bond acceptors (Lipinski definition) is 14. The highest BCUT2D eigenvalue weighted by Crippen LogP contribution is 2.52. The van der Waals surface area contributed by atoms with Gasteiger partial charge in [0.05, 0.1) is 0 Å². The third-order valence-corrected chi connectivity index (χ3v) is 5.10. The lowest BCUT2D eigenvalue weighted by atomic mass is 9.85. The summed E-state index contributed by atoms with van der Waals surface area (Å²) in [6, 6.07) is 0. The van der Waals surface area contributed by atoms with Gasteiger partial charge in [-0.25, -0.2) is 18.3 Å². The molecule has 0 saturated heterocycles. The molecular weight excluding hydrogens is 540 g/mol. The van der Waals surface area contributed by atoms with Crippen LogP contribution in [0.2, 0.25) is 0 Å². The SMILES string of the molecule is N.N.N.N.O=P(O)(O)OC1[C@H](O)[C@H](OP(=O)(O)O)C(OP(=O)(O)O)[C@H](OP(=O)(O)O)[C@H]1O. The van der Waals surface area contributed by atoms with Crippen LogP contribution in [-0.2, 0) is 36.4 Å². The second kappa shape index (κ2) is 13.3. The molecule has 0 amide bonds. The molecule has 6 atom stereocenters. The van der Waals surface area contributed by atoms with Crippen molar-refractivity contribution in [3.63, 3.8) is 0 Å². The van der Waals surface area contributed by atoms with Crippen LogP contribution in [0, 0.1) is 0 Å². The number of hydrogen-bond donors (Lipinski definition) is 14. The molecule has 1 aliphatic carbocycles. The van der Waals surface area contributed by atoms with Gasteiger partial charge in [-0.2, -0.15) is 0 Å². The van der Waals surface area contributed by atoms with Gasteiger partial charge in [0, 0.05) is 0 Å². The Bertz CT molecular complexity index is 706. The second-order valence-electron chi connectivity index (χ2n) is 5.22. The van der Waals surface area contributed by atoms with E-state index in [1.54, 1.807) is 0 Å². The summed E-state index contributed by atoms with van der Waals surface area (Å²) in [4.78, 5) is 71.0. The summed E-state index contributed by atoms with van der Waals surface area (Å²) in [6.07, 6.45) is -15.9. The minimum Gasteiger partial charge on any atom is -0.387 e. The summed E-state index contributed by atoms with van der Waals surface area (Å²) in [5.74, 6) is 0. The lowest BCUT2D eigenvalue weighted by Crippen LogP contribution is -2.65. The first-order valence-corrected chi connectivity index (χ1v) is 12.6. The number of aliphatic hydroxyl groups is 2. The Morgan fingerprint density at radius 3 is 0.812 bits per heavy atom. The third-order valence-electron chi connectivity index (χ3n) is 3.03. The summed E-state index contributed by atoms with van der Waals surface area (Å²) >= 11 is 0. The lowest BCUT2D eigenvalue weighted by molar-refractivity contribution is -0.208. The van der Waals surface area contributed by atoms with Crippen molar-refractivity contribution in [2.24, 2.45) is 0 Å². The van der Waals surface area contributed by atoms with Crippen LogP contribution in [-0.4, -0.2) is 86.0 Å². The highest BCUT2D eigenvalue weighted by molar-refractivity contribution is 7.47. The van der Waals surface area contributed by atoms with Gasteiger partial charge in [-0.15, -0.1) is 0 Å². The van der Waals surface area contributed by atoms with Crippen LogP contribution < -0.4 is 24.6 Å². The van der Waals surface area contributed by atoms with Gasteiger partial charge in [-0.05, 0) is 0 Å². The van der Waals surface area contributed by atoms with E-state index in [9.17, 15) is 28.5 Å².